The highest BCUT2D eigenvalue weighted by Gasteiger charge is 2.11. The molecule has 0 aliphatic rings. The number of rotatable bonds is 5. The number of halogens is 1. The molecular formula is C13H16BrN3O2. The van der Waals surface area contributed by atoms with E-state index >= 15 is 0 Å². The molecule has 5 nitrogen and oxygen atoms in total. The van der Waals surface area contributed by atoms with Gasteiger partial charge in [0.25, 0.3) is 5.89 Å². The molecule has 0 unspecified atom stereocenters. The summed E-state index contributed by atoms with van der Waals surface area (Å²) >= 11 is 3.42. The van der Waals surface area contributed by atoms with Gasteiger partial charge < -0.3 is 14.9 Å². The molecule has 102 valence electrons. The quantitative estimate of drug-likeness (QED) is 0.914. The Kier molecular flexibility index (Phi) is 4.55. The first-order valence-electron chi connectivity index (χ1n) is 6.09. The number of hydrogen-bond acceptors (Lipinski definition) is 5. The van der Waals surface area contributed by atoms with Crippen molar-refractivity contribution in [1.29, 1.82) is 0 Å². The Labute approximate surface area is 120 Å². The van der Waals surface area contributed by atoms with Crippen LogP contribution in [0.1, 0.15) is 37.2 Å². The Morgan fingerprint density at radius 1 is 1.37 bits per heavy atom. The average molecular weight is 326 g/mol. The molecule has 6 heteroatoms. The molecule has 0 spiro atoms. The molecule has 0 amide bonds. The molecule has 1 heterocycles. The molecule has 0 saturated heterocycles. The summed E-state index contributed by atoms with van der Waals surface area (Å²) in [6.45, 7) is 4.12. The second kappa shape index (κ2) is 6.16. The van der Waals surface area contributed by atoms with Crippen molar-refractivity contribution >= 4 is 15.9 Å². The van der Waals surface area contributed by atoms with Crippen molar-refractivity contribution in [2.45, 2.75) is 32.9 Å². The lowest BCUT2D eigenvalue weighted by atomic mass is 10.1. The van der Waals surface area contributed by atoms with Crippen molar-refractivity contribution in [2.24, 2.45) is 5.73 Å². The zero-order chi connectivity index (χ0) is 13.8. The maximum atomic E-state index is 5.93. The third kappa shape index (κ3) is 3.54. The van der Waals surface area contributed by atoms with E-state index in [2.05, 4.69) is 26.1 Å². The van der Waals surface area contributed by atoms with Crippen molar-refractivity contribution < 1.29 is 9.15 Å². The number of nitrogens with two attached hydrogens (primary N) is 1. The molecule has 19 heavy (non-hydrogen) atoms. The fourth-order valence-corrected chi connectivity index (χ4v) is 2.01. The Balaban J connectivity index is 2.10. The number of aromatic nitrogens is 2. The number of aryl methyl sites for hydroxylation is 1. The minimum absolute atomic E-state index is 0.110. The molecule has 0 aliphatic carbocycles. The molecule has 0 saturated carbocycles. The summed E-state index contributed by atoms with van der Waals surface area (Å²) in [5, 5.41) is 7.80. The summed E-state index contributed by atoms with van der Waals surface area (Å²) in [5.41, 5.74) is 6.86. The second-order valence-electron chi connectivity index (χ2n) is 4.20. The number of hydrogen-bond donors (Lipinski definition) is 1. The fourth-order valence-electron chi connectivity index (χ4n) is 1.64. The predicted molar refractivity (Wildman–Crippen MR) is 74.8 cm³/mol. The SMILES string of the molecule is CCc1nnc(COc2ccc(Br)cc2[C@H](C)N)o1. The van der Waals surface area contributed by atoms with E-state index in [9.17, 15) is 0 Å². The smallest absolute Gasteiger partial charge is 0.253 e. The molecule has 0 bridgehead atoms. The zero-order valence-electron chi connectivity index (χ0n) is 10.9. The van der Waals surface area contributed by atoms with Crippen LogP contribution in [0, 0.1) is 0 Å². The van der Waals surface area contributed by atoms with Crippen LogP contribution in [-0.2, 0) is 13.0 Å². The van der Waals surface area contributed by atoms with Crippen LogP contribution in [0.25, 0.3) is 0 Å². The maximum absolute atomic E-state index is 5.93. The normalized spacial score (nSPS) is 12.4. The Morgan fingerprint density at radius 2 is 2.11 bits per heavy atom. The lowest BCUT2D eigenvalue weighted by Crippen LogP contribution is -2.08. The summed E-state index contributed by atoms with van der Waals surface area (Å²) in [6, 6.07) is 5.62. The molecular weight excluding hydrogens is 310 g/mol. The van der Waals surface area contributed by atoms with E-state index in [1.54, 1.807) is 0 Å². The summed E-state index contributed by atoms with van der Waals surface area (Å²) in [4.78, 5) is 0. The highest BCUT2D eigenvalue weighted by atomic mass is 79.9. The van der Waals surface area contributed by atoms with Gasteiger partial charge in [0, 0.05) is 22.5 Å². The van der Waals surface area contributed by atoms with E-state index in [4.69, 9.17) is 14.9 Å². The molecule has 1 atom stereocenters. The highest BCUT2D eigenvalue weighted by molar-refractivity contribution is 9.10. The van der Waals surface area contributed by atoms with Gasteiger partial charge in [-0.1, -0.05) is 22.9 Å². The van der Waals surface area contributed by atoms with Crippen molar-refractivity contribution in [3.8, 4) is 5.75 Å². The number of ether oxygens (including phenoxy) is 1. The molecule has 0 radical (unpaired) electrons. The first kappa shape index (κ1) is 14.0. The topological polar surface area (TPSA) is 74.2 Å². The van der Waals surface area contributed by atoms with Crippen LogP contribution in [0.3, 0.4) is 0 Å². The molecule has 2 rings (SSSR count). The minimum atomic E-state index is -0.110. The maximum Gasteiger partial charge on any atom is 0.253 e. The summed E-state index contributed by atoms with van der Waals surface area (Å²) in [5.74, 6) is 1.81. The third-order valence-corrected chi connectivity index (χ3v) is 3.12. The van der Waals surface area contributed by atoms with E-state index in [0.717, 1.165) is 22.2 Å². The minimum Gasteiger partial charge on any atom is -0.483 e. The number of nitrogens with zero attached hydrogens (tertiary/aromatic N) is 2. The zero-order valence-corrected chi connectivity index (χ0v) is 12.5. The van der Waals surface area contributed by atoms with Crippen molar-refractivity contribution in [1.82, 2.24) is 10.2 Å². The van der Waals surface area contributed by atoms with E-state index in [1.165, 1.54) is 0 Å². The molecule has 0 fully saturated rings. The van der Waals surface area contributed by atoms with Crippen molar-refractivity contribution in [2.75, 3.05) is 0 Å². The Hall–Kier alpha value is -1.40. The monoisotopic (exact) mass is 325 g/mol. The first-order valence-corrected chi connectivity index (χ1v) is 6.88. The third-order valence-electron chi connectivity index (χ3n) is 2.62. The van der Waals surface area contributed by atoms with Crippen LogP contribution in [0.5, 0.6) is 5.75 Å². The van der Waals surface area contributed by atoms with Gasteiger partial charge in [0.1, 0.15) is 5.75 Å². The fraction of sp³-hybridized carbons (Fsp3) is 0.385. The van der Waals surface area contributed by atoms with E-state index in [1.807, 2.05) is 32.0 Å². The molecule has 2 N–H and O–H groups in total. The van der Waals surface area contributed by atoms with Gasteiger partial charge in [-0.2, -0.15) is 0 Å². The van der Waals surface area contributed by atoms with Crippen LogP contribution >= 0.6 is 15.9 Å². The number of benzene rings is 1. The molecule has 2 aromatic rings. The molecule has 0 aliphatic heterocycles. The van der Waals surface area contributed by atoms with Crippen LogP contribution in [0.4, 0.5) is 0 Å². The summed E-state index contributed by atoms with van der Waals surface area (Å²) in [7, 11) is 0. The van der Waals surface area contributed by atoms with Gasteiger partial charge in [0.2, 0.25) is 5.89 Å². The van der Waals surface area contributed by atoms with Gasteiger partial charge in [-0.25, -0.2) is 0 Å². The highest BCUT2D eigenvalue weighted by Crippen LogP contribution is 2.28. The van der Waals surface area contributed by atoms with Gasteiger partial charge >= 0.3 is 0 Å². The Bertz CT molecular complexity index is 555. The van der Waals surface area contributed by atoms with Crippen LogP contribution in [-0.4, -0.2) is 10.2 Å². The van der Waals surface area contributed by atoms with E-state index < -0.39 is 0 Å². The van der Waals surface area contributed by atoms with E-state index in [-0.39, 0.29) is 12.6 Å². The summed E-state index contributed by atoms with van der Waals surface area (Å²) in [6.07, 6.45) is 0.719. The van der Waals surface area contributed by atoms with Gasteiger partial charge in [0.15, 0.2) is 6.61 Å². The van der Waals surface area contributed by atoms with Crippen molar-refractivity contribution in [3.05, 3.63) is 40.0 Å². The van der Waals surface area contributed by atoms with Crippen LogP contribution < -0.4 is 10.5 Å². The summed E-state index contributed by atoms with van der Waals surface area (Å²) < 4.78 is 12.1. The van der Waals surface area contributed by atoms with Gasteiger partial charge in [-0.05, 0) is 25.1 Å². The lowest BCUT2D eigenvalue weighted by molar-refractivity contribution is 0.256. The Morgan fingerprint density at radius 3 is 2.74 bits per heavy atom. The lowest BCUT2D eigenvalue weighted by Gasteiger charge is -2.13. The molecule has 1 aromatic heterocycles. The standard InChI is InChI=1S/C13H16BrN3O2/c1-3-12-16-17-13(19-12)7-18-11-5-4-9(14)6-10(11)8(2)15/h4-6,8H,3,7,15H2,1-2H3/t8-/m0/s1. The van der Waals surface area contributed by atoms with Crippen LogP contribution in [0.2, 0.25) is 0 Å². The van der Waals surface area contributed by atoms with Gasteiger partial charge in [0.05, 0.1) is 0 Å². The van der Waals surface area contributed by atoms with Gasteiger partial charge in [-0.15, -0.1) is 10.2 Å². The average Bonchev–Trinajstić information content (AvgIpc) is 2.85. The van der Waals surface area contributed by atoms with Crippen molar-refractivity contribution in [3.63, 3.8) is 0 Å². The second-order valence-corrected chi connectivity index (χ2v) is 5.12. The predicted octanol–water partition coefficient (Wildman–Crippen LogP) is 2.99. The van der Waals surface area contributed by atoms with Gasteiger partial charge in [-0.3, -0.25) is 0 Å². The van der Waals surface area contributed by atoms with E-state index in [0.29, 0.717) is 11.8 Å². The van der Waals surface area contributed by atoms with Crippen LogP contribution in [0.15, 0.2) is 27.1 Å². The molecule has 1 aromatic carbocycles. The first-order chi connectivity index (χ1) is 9.10. The largest absolute Gasteiger partial charge is 0.483 e.